The lowest BCUT2D eigenvalue weighted by Crippen LogP contribution is -2.33. The van der Waals surface area contributed by atoms with Crippen molar-refractivity contribution in [3.8, 4) is 10.4 Å². The van der Waals surface area contributed by atoms with Crippen molar-refractivity contribution in [2.45, 2.75) is 50.2 Å². The van der Waals surface area contributed by atoms with E-state index in [9.17, 15) is 20.1 Å². The van der Waals surface area contributed by atoms with Crippen LogP contribution in [0.4, 0.5) is 5.82 Å². The predicted molar refractivity (Wildman–Crippen MR) is 147 cm³/mol. The third-order valence-corrected chi connectivity index (χ3v) is 7.70. The van der Waals surface area contributed by atoms with Crippen molar-refractivity contribution in [2.24, 2.45) is 0 Å². The fourth-order valence-electron chi connectivity index (χ4n) is 4.62. The van der Waals surface area contributed by atoms with Gasteiger partial charge in [-0.05, 0) is 42.0 Å². The SMILES string of the molecule is O=C(NCCCCCCNc1ncnc2c1ncn2[C@@H]1O[C@H](CO)[C@@H](O)[C@H]1O)c1ccc(-c2cccs2)cc1. The van der Waals surface area contributed by atoms with Crippen LogP contribution in [0.3, 0.4) is 0 Å². The first-order chi connectivity index (χ1) is 19.1. The molecule has 5 rings (SSSR count). The molecule has 3 aromatic heterocycles. The summed E-state index contributed by atoms with van der Waals surface area (Å²) in [7, 11) is 0. The second-order valence-electron chi connectivity index (χ2n) is 9.43. The molecule has 12 heteroatoms. The van der Waals surface area contributed by atoms with Crippen LogP contribution >= 0.6 is 11.3 Å². The van der Waals surface area contributed by atoms with E-state index in [2.05, 4.69) is 31.7 Å². The van der Waals surface area contributed by atoms with E-state index in [-0.39, 0.29) is 5.91 Å². The molecule has 5 N–H and O–H groups in total. The number of benzene rings is 1. The van der Waals surface area contributed by atoms with Crippen LogP contribution in [0.1, 0.15) is 42.3 Å². The van der Waals surface area contributed by atoms with Crippen molar-refractivity contribution in [3.05, 3.63) is 60.0 Å². The highest BCUT2D eigenvalue weighted by Crippen LogP contribution is 2.32. The standard InChI is InChI=1S/C27H32N6O5S/c34-14-19-22(35)23(36)27(38-19)33-16-32-21-24(30-15-31-25(21)33)28-11-3-1-2-4-12-29-26(37)18-9-7-17(8-10-18)20-6-5-13-39-20/h5-10,13,15-16,19,22-23,27,34-36H,1-4,11-12,14H2,(H,29,37)(H,28,30,31)/t19-,22-,23-,27-/m1/s1. The Hall–Kier alpha value is -3.42. The van der Waals surface area contributed by atoms with Crippen LogP contribution < -0.4 is 10.6 Å². The lowest BCUT2D eigenvalue weighted by molar-refractivity contribution is -0.0511. The zero-order valence-electron chi connectivity index (χ0n) is 21.3. The molecule has 206 valence electrons. The number of carbonyl (C=O) groups excluding carboxylic acids is 1. The highest BCUT2D eigenvalue weighted by molar-refractivity contribution is 7.13. The Kier molecular flexibility index (Phi) is 8.79. The van der Waals surface area contributed by atoms with Crippen LogP contribution in [0.2, 0.25) is 0 Å². The van der Waals surface area contributed by atoms with E-state index in [0.717, 1.165) is 31.2 Å². The van der Waals surface area contributed by atoms with Gasteiger partial charge in [-0.3, -0.25) is 9.36 Å². The van der Waals surface area contributed by atoms with Crippen molar-refractivity contribution in [3.63, 3.8) is 0 Å². The number of nitrogens with zero attached hydrogens (tertiary/aromatic N) is 4. The Morgan fingerprint density at radius 3 is 2.51 bits per heavy atom. The Balaban J connectivity index is 1.02. The second kappa shape index (κ2) is 12.6. The highest BCUT2D eigenvalue weighted by atomic mass is 32.1. The fraction of sp³-hybridized carbons (Fsp3) is 0.407. The molecule has 1 aliphatic heterocycles. The summed E-state index contributed by atoms with van der Waals surface area (Å²) >= 11 is 1.68. The number of thiophene rings is 1. The number of ether oxygens (including phenoxy) is 1. The lowest BCUT2D eigenvalue weighted by atomic mass is 10.1. The summed E-state index contributed by atoms with van der Waals surface area (Å²) in [5.41, 5.74) is 2.76. The van der Waals surface area contributed by atoms with Gasteiger partial charge in [-0.1, -0.05) is 31.0 Å². The van der Waals surface area contributed by atoms with E-state index in [1.54, 1.807) is 11.3 Å². The average Bonchev–Trinajstić information content (AvgIpc) is 3.71. The van der Waals surface area contributed by atoms with Gasteiger partial charge in [0.25, 0.3) is 5.91 Å². The van der Waals surface area contributed by atoms with Gasteiger partial charge in [-0.25, -0.2) is 15.0 Å². The highest BCUT2D eigenvalue weighted by Gasteiger charge is 2.44. The van der Waals surface area contributed by atoms with Gasteiger partial charge in [-0.15, -0.1) is 11.3 Å². The normalized spacial score (nSPS) is 20.9. The van der Waals surface area contributed by atoms with Gasteiger partial charge < -0.3 is 30.7 Å². The van der Waals surface area contributed by atoms with E-state index in [1.807, 2.05) is 35.7 Å². The van der Waals surface area contributed by atoms with E-state index < -0.39 is 31.1 Å². The molecule has 39 heavy (non-hydrogen) atoms. The number of hydrogen-bond donors (Lipinski definition) is 5. The summed E-state index contributed by atoms with van der Waals surface area (Å²) in [5.74, 6) is 0.515. The number of imidazole rings is 1. The van der Waals surface area contributed by atoms with Crippen molar-refractivity contribution in [1.29, 1.82) is 0 Å². The van der Waals surface area contributed by atoms with Crippen LogP contribution in [0.25, 0.3) is 21.6 Å². The number of nitrogens with one attached hydrogen (secondary N) is 2. The van der Waals surface area contributed by atoms with Crippen molar-refractivity contribution >= 4 is 34.2 Å². The quantitative estimate of drug-likeness (QED) is 0.167. The van der Waals surface area contributed by atoms with Crippen molar-refractivity contribution in [2.75, 3.05) is 25.0 Å². The number of hydrogen-bond acceptors (Lipinski definition) is 10. The molecular weight excluding hydrogens is 520 g/mol. The molecule has 0 unspecified atom stereocenters. The van der Waals surface area contributed by atoms with E-state index in [1.165, 1.54) is 22.1 Å². The first-order valence-corrected chi connectivity index (χ1v) is 13.9. The van der Waals surface area contributed by atoms with E-state index >= 15 is 0 Å². The largest absolute Gasteiger partial charge is 0.394 e. The summed E-state index contributed by atoms with van der Waals surface area (Å²) < 4.78 is 7.14. The first-order valence-electron chi connectivity index (χ1n) is 13.0. The summed E-state index contributed by atoms with van der Waals surface area (Å²) in [6.07, 6.45) is 2.47. The monoisotopic (exact) mass is 552 g/mol. The smallest absolute Gasteiger partial charge is 0.251 e. The van der Waals surface area contributed by atoms with Crippen LogP contribution in [0.5, 0.6) is 0 Å². The molecule has 1 aromatic carbocycles. The molecule has 1 amide bonds. The molecule has 4 atom stereocenters. The van der Waals surface area contributed by atoms with Crippen LogP contribution in [-0.4, -0.2) is 78.8 Å². The minimum atomic E-state index is -1.22. The third-order valence-electron chi connectivity index (χ3n) is 6.78. The maximum absolute atomic E-state index is 12.4. The molecular formula is C27H32N6O5S. The van der Waals surface area contributed by atoms with E-state index in [0.29, 0.717) is 35.6 Å². The number of carbonyl (C=O) groups is 1. The molecule has 0 radical (unpaired) electrons. The molecule has 0 saturated carbocycles. The maximum Gasteiger partial charge on any atom is 0.251 e. The van der Waals surface area contributed by atoms with Gasteiger partial charge in [0.1, 0.15) is 24.6 Å². The van der Waals surface area contributed by atoms with Crippen molar-refractivity contribution < 1.29 is 24.9 Å². The number of unbranched alkanes of at least 4 members (excludes halogenated alkanes) is 3. The Morgan fingerprint density at radius 1 is 1.00 bits per heavy atom. The van der Waals surface area contributed by atoms with Crippen LogP contribution in [0.15, 0.2) is 54.4 Å². The molecule has 1 aliphatic rings. The minimum Gasteiger partial charge on any atom is -0.394 e. The molecule has 11 nitrogen and oxygen atoms in total. The summed E-state index contributed by atoms with van der Waals surface area (Å²) in [6, 6.07) is 11.8. The zero-order valence-corrected chi connectivity index (χ0v) is 22.1. The number of fused-ring (bicyclic) bond motifs is 1. The lowest BCUT2D eigenvalue weighted by Gasteiger charge is -2.16. The topological polar surface area (TPSA) is 155 Å². The van der Waals surface area contributed by atoms with Crippen molar-refractivity contribution in [1.82, 2.24) is 24.8 Å². The molecule has 1 fully saturated rings. The van der Waals surface area contributed by atoms with Gasteiger partial charge in [0.05, 0.1) is 12.9 Å². The Bertz CT molecular complexity index is 1360. The van der Waals surface area contributed by atoms with E-state index in [4.69, 9.17) is 4.74 Å². The van der Waals surface area contributed by atoms with Gasteiger partial charge in [0.15, 0.2) is 23.2 Å². The summed E-state index contributed by atoms with van der Waals surface area (Å²) in [6.45, 7) is 0.916. The maximum atomic E-state index is 12.4. The number of aromatic nitrogens is 4. The van der Waals surface area contributed by atoms with Crippen LogP contribution in [-0.2, 0) is 4.74 Å². The Labute approximate surface area is 229 Å². The molecule has 4 aromatic rings. The summed E-state index contributed by atoms with van der Waals surface area (Å²) in [5, 5.41) is 38.1. The predicted octanol–water partition coefficient (Wildman–Crippen LogP) is 2.57. The second-order valence-corrected chi connectivity index (χ2v) is 10.4. The minimum absolute atomic E-state index is 0.0569. The molecule has 1 saturated heterocycles. The number of aliphatic hydroxyl groups is 3. The average molecular weight is 553 g/mol. The summed E-state index contributed by atoms with van der Waals surface area (Å²) in [4.78, 5) is 26.5. The fourth-order valence-corrected chi connectivity index (χ4v) is 5.35. The first kappa shape index (κ1) is 27.2. The van der Waals surface area contributed by atoms with Gasteiger partial charge in [0, 0.05) is 23.5 Å². The number of anilines is 1. The third kappa shape index (κ3) is 6.10. The van der Waals surface area contributed by atoms with Gasteiger partial charge >= 0.3 is 0 Å². The molecule has 0 bridgehead atoms. The van der Waals surface area contributed by atoms with Gasteiger partial charge in [0.2, 0.25) is 0 Å². The molecule has 0 spiro atoms. The Morgan fingerprint density at radius 2 is 1.79 bits per heavy atom. The molecule has 0 aliphatic carbocycles. The number of rotatable bonds is 12. The number of aliphatic hydroxyl groups excluding tert-OH is 3. The van der Waals surface area contributed by atoms with Gasteiger partial charge in [-0.2, -0.15) is 0 Å². The van der Waals surface area contributed by atoms with Crippen LogP contribution in [0, 0.1) is 0 Å². The zero-order chi connectivity index (χ0) is 27.2. The number of amides is 1. The molecule has 4 heterocycles.